The number of carbonyl (C=O) groups is 2. The van der Waals surface area contributed by atoms with Crippen LogP contribution in [0.2, 0.25) is 0 Å². The lowest BCUT2D eigenvalue weighted by atomic mass is 10.1. The Balaban J connectivity index is 1.62. The number of anilines is 1. The van der Waals surface area contributed by atoms with Gasteiger partial charge in [-0.05, 0) is 36.4 Å². The zero-order chi connectivity index (χ0) is 17.2. The minimum Gasteiger partial charge on any atom is -0.345 e. The standard InChI is InChI=1S/C19H14N4O2/c24-11-13-7-8-23(10-13)15-4-1-3-14(9-15)22-19(25)16-5-2-6-17-18(16)21-12-20-17/h1-12H,(H,20,21)(H,22,25). The fraction of sp³-hybridized carbons (Fsp3) is 0. The molecule has 0 aliphatic rings. The molecular weight excluding hydrogens is 316 g/mol. The van der Waals surface area contributed by atoms with Crippen LogP contribution in [0.5, 0.6) is 0 Å². The molecule has 0 atom stereocenters. The Bertz CT molecular complexity index is 1080. The van der Waals surface area contributed by atoms with Crippen molar-refractivity contribution in [1.82, 2.24) is 14.5 Å². The molecule has 122 valence electrons. The maximum absolute atomic E-state index is 12.6. The summed E-state index contributed by atoms with van der Waals surface area (Å²) >= 11 is 0. The van der Waals surface area contributed by atoms with Gasteiger partial charge in [0.25, 0.3) is 5.91 Å². The van der Waals surface area contributed by atoms with Crippen LogP contribution in [0.25, 0.3) is 16.7 Å². The lowest BCUT2D eigenvalue weighted by molar-refractivity contribution is 0.102. The first-order valence-corrected chi connectivity index (χ1v) is 7.72. The van der Waals surface area contributed by atoms with Gasteiger partial charge in [0.15, 0.2) is 6.29 Å². The number of aromatic nitrogens is 3. The normalized spacial score (nSPS) is 10.7. The summed E-state index contributed by atoms with van der Waals surface area (Å²) in [6.45, 7) is 0. The second kappa shape index (κ2) is 6.09. The van der Waals surface area contributed by atoms with Crippen molar-refractivity contribution in [3.8, 4) is 5.69 Å². The van der Waals surface area contributed by atoms with Gasteiger partial charge in [-0.3, -0.25) is 9.59 Å². The molecule has 0 unspecified atom stereocenters. The van der Waals surface area contributed by atoms with Gasteiger partial charge in [0.2, 0.25) is 0 Å². The summed E-state index contributed by atoms with van der Waals surface area (Å²) in [5, 5.41) is 2.90. The van der Waals surface area contributed by atoms with Crippen molar-refractivity contribution in [3.05, 3.63) is 78.4 Å². The summed E-state index contributed by atoms with van der Waals surface area (Å²) in [6.07, 6.45) is 5.90. The Kier molecular flexibility index (Phi) is 3.63. The number of aromatic amines is 1. The first-order chi connectivity index (χ1) is 12.2. The monoisotopic (exact) mass is 330 g/mol. The molecule has 0 radical (unpaired) electrons. The van der Waals surface area contributed by atoms with E-state index in [4.69, 9.17) is 0 Å². The molecule has 0 aliphatic carbocycles. The van der Waals surface area contributed by atoms with Crippen molar-refractivity contribution < 1.29 is 9.59 Å². The Morgan fingerprint density at radius 1 is 1.16 bits per heavy atom. The zero-order valence-corrected chi connectivity index (χ0v) is 13.1. The summed E-state index contributed by atoms with van der Waals surface area (Å²) in [4.78, 5) is 30.6. The predicted molar refractivity (Wildman–Crippen MR) is 95.2 cm³/mol. The number of benzene rings is 2. The van der Waals surface area contributed by atoms with Gasteiger partial charge in [-0.25, -0.2) is 4.98 Å². The molecule has 6 heteroatoms. The largest absolute Gasteiger partial charge is 0.345 e. The number of para-hydroxylation sites is 1. The number of aldehydes is 1. The molecule has 25 heavy (non-hydrogen) atoms. The smallest absolute Gasteiger partial charge is 0.257 e. The average molecular weight is 330 g/mol. The van der Waals surface area contributed by atoms with Crippen molar-refractivity contribution in [2.24, 2.45) is 0 Å². The Morgan fingerprint density at radius 3 is 2.88 bits per heavy atom. The molecule has 2 N–H and O–H groups in total. The second-order valence-corrected chi connectivity index (χ2v) is 5.58. The summed E-state index contributed by atoms with van der Waals surface area (Å²) in [6, 6.07) is 14.6. The zero-order valence-electron chi connectivity index (χ0n) is 13.1. The molecule has 2 heterocycles. The van der Waals surface area contributed by atoms with Crippen LogP contribution in [0.15, 0.2) is 67.3 Å². The van der Waals surface area contributed by atoms with Crippen molar-refractivity contribution in [1.29, 1.82) is 0 Å². The van der Waals surface area contributed by atoms with E-state index in [0.717, 1.165) is 17.5 Å². The lowest BCUT2D eigenvalue weighted by Crippen LogP contribution is -2.12. The Hall–Kier alpha value is -3.67. The highest BCUT2D eigenvalue weighted by molar-refractivity contribution is 6.11. The van der Waals surface area contributed by atoms with Crippen LogP contribution < -0.4 is 5.32 Å². The fourth-order valence-corrected chi connectivity index (χ4v) is 2.73. The maximum Gasteiger partial charge on any atom is 0.257 e. The van der Waals surface area contributed by atoms with Crippen LogP contribution in [-0.4, -0.2) is 26.7 Å². The number of nitrogens with one attached hydrogen (secondary N) is 2. The third kappa shape index (κ3) is 2.81. The number of amides is 1. The van der Waals surface area contributed by atoms with E-state index in [1.807, 2.05) is 41.0 Å². The molecule has 0 fully saturated rings. The van der Waals surface area contributed by atoms with Crippen molar-refractivity contribution in [2.45, 2.75) is 0 Å². The quantitative estimate of drug-likeness (QED) is 0.563. The first-order valence-electron chi connectivity index (χ1n) is 7.72. The highest BCUT2D eigenvalue weighted by Crippen LogP contribution is 2.19. The van der Waals surface area contributed by atoms with Gasteiger partial charge in [0.05, 0.1) is 17.4 Å². The van der Waals surface area contributed by atoms with Crippen molar-refractivity contribution in [2.75, 3.05) is 5.32 Å². The number of hydrogen-bond acceptors (Lipinski definition) is 3. The van der Waals surface area contributed by atoms with Gasteiger partial charge in [-0.1, -0.05) is 12.1 Å². The highest BCUT2D eigenvalue weighted by Gasteiger charge is 2.12. The maximum atomic E-state index is 12.6. The summed E-state index contributed by atoms with van der Waals surface area (Å²) in [7, 11) is 0. The van der Waals surface area contributed by atoms with Crippen LogP contribution in [0.4, 0.5) is 5.69 Å². The van der Waals surface area contributed by atoms with Gasteiger partial charge in [0.1, 0.15) is 5.52 Å². The number of rotatable bonds is 4. The van der Waals surface area contributed by atoms with Crippen LogP contribution in [-0.2, 0) is 0 Å². The molecular formula is C19H14N4O2. The van der Waals surface area contributed by atoms with E-state index in [0.29, 0.717) is 22.3 Å². The van der Waals surface area contributed by atoms with E-state index in [1.165, 1.54) is 0 Å². The van der Waals surface area contributed by atoms with Gasteiger partial charge < -0.3 is 14.9 Å². The van der Waals surface area contributed by atoms with E-state index in [1.54, 1.807) is 30.9 Å². The number of hydrogen-bond donors (Lipinski definition) is 2. The molecule has 0 spiro atoms. The van der Waals surface area contributed by atoms with Crippen molar-refractivity contribution in [3.63, 3.8) is 0 Å². The van der Waals surface area contributed by atoms with Crippen LogP contribution in [0.3, 0.4) is 0 Å². The first kappa shape index (κ1) is 14.9. The Morgan fingerprint density at radius 2 is 2.04 bits per heavy atom. The van der Waals surface area contributed by atoms with E-state index in [9.17, 15) is 9.59 Å². The molecule has 1 amide bonds. The number of fused-ring (bicyclic) bond motifs is 1. The van der Waals surface area contributed by atoms with E-state index in [-0.39, 0.29) is 5.91 Å². The number of H-pyrrole nitrogens is 1. The molecule has 2 aromatic heterocycles. The number of nitrogens with zero attached hydrogens (tertiary/aromatic N) is 2. The third-order valence-electron chi connectivity index (χ3n) is 3.95. The van der Waals surface area contributed by atoms with Gasteiger partial charge in [0, 0.05) is 29.3 Å². The SMILES string of the molecule is O=Cc1ccn(-c2cccc(NC(=O)c3cccc4[nH]cnc34)c2)c1. The topological polar surface area (TPSA) is 79.8 Å². The minimum atomic E-state index is -0.226. The molecule has 0 saturated heterocycles. The van der Waals surface area contributed by atoms with E-state index < -0.39 is 0 Å². The van der Waals surface area contributed by atoms with Gasteiger partial charge >= 0.3 is 0 Å². The highest BCUT2D eigenvalue weighted by atomic mass is 16.1. The van der Waals surface area contributed by atoms with Crippen molar-refractivity contribution >= 4 is 28.9 Å². The molecule has 4 rings (SSSR count). The summed E-state index contributed by atoms with van der Waals surface area (Å²) < 4.78 is 1.83. The van der Waals surface area contributed by atoms with Gasteiger partial charge in [-0.15, -0.1) is 0 Å². The molecule has 0 aliphatic heterocycles. The predicted octanol–water partition coefficient (Wildman–Crippen LogP) is 3.42. The molecule has 0 saturated carbocycles. The second-order valence-electron chi connectivity index (χ2n) is 5.58. The Labute approximate surface area is 143 Å². The summed E-state index contributed by atoms with van der Waals surface area (Å²) in [5.74, 6) is -0.226. The van der Waals surface area contributed by atoms with E-state index >= 15 is 0 Å². The molecule has 2 aromatic carbocycles. The third-order valence-corrected chi connectivity index (χ3v) is 3.95. The number of carbonyl (C=O) groups excluding carboxylic acids is 2. The molecule has 6 nitrogen and oxygen atoms in total. The molecule has 4 aromatic rings. The fourth-order valence-electron chi connectivity index (χ4n) is 2.73. The van der Waals surface area contributed by atoms with Gasteiger partial charge in [-0.2, -0.15) is 0 Å². The average Bonchev–Trinajstić information content (AvgIpc) is 3.30. The van der Waals surface area contributed by atoms with Crippen LogP contribution in [0.1, 0.15) is 20.7 Å². The van der Waals surface area contributed by atoms with Crippen LogP contribution >= 0.6 is 0 Å². The minimum absolute atomic E-state index is 0.226. The van der Waals surface area contributed by atoms with E-state index in [2.05, 4.69) is 15.3 Å². The van der Waals surface area contributed by atoms with Crippen LogP contribution in [0, 0.1) is 0 Å². The number of imidazole rings is 1. The lowest BCUT2D eigenvalue weighted by Gasteiger charge is -2.09. The summed E-state index contributed by atoms with van der Waals surface area (Å²) in [5.41, 5.74) is 4.07. The molecule has 0 bridgehead atoms.